The highest BCUT2D eigenvalue weighted by atomic mass is 35.5. The maximum atomic E-state index is 10.8. The highest BCUT2D eigenvalue weighted by Gasteiger charge is 2.29. The summed E-state index contributed by atoms with van der Waals surface area (Å²) in [5.74, 6) is 0. The smallest absolute Gasteiger partial charge is 0.272 e. The van der Waals surface area contributed by atoms with E-state index in [0.717, 1.165) is 0 Å². The van der Waals surface area contributed by atoms with Gasteiger partial charge in [-0.15, -0.1) is 0 Å². The Morgan fingerprint density at radius 2 is 2.06 bits per heavy atom. The number of hydrogen-bond acceptors (Lipinski definition) is 5. The van der Waals surface area contributed by atoms with Gasteiger partial charge in [0.25, 0.3) is 5.69 Å². The molecule has 8 heteroatoms. The molecular weight excluding hydrogens is 283 g/mol. The number of carbonyl (C=O) groups is 1. The second-order valence-corrected chi connectivity index (χ2v) is 4.42. The Labute approximate surface area is 112 Å². The van der Waals surface area contributed by atoms with Gasteiger partial charge >= 0.3 is 0 Å². The summed E-state index contributed by atoms with van der Waals surface area (Å²) in [6.45, 7) is 0.813. The molecule has 1 aliphatic rings. The van der Waals surface area contributed by atoms with Crippen molar-refractivity contribution in [3.05, 3.63) is 32.3 Å². The zero-order valence-corrected chi connectivity index (χ0v) is 10.5. The molecule has 96 valence electrons. The molecule has 1 fully saturated rings. The number of rotatable bonds is 3. The largest absolute Gasteiger partial charge is 0.349 e. The molecule has 1 aromatic carbocycles. The third-order valence-electron chi connectivity index (χ3n) is 2.54. The van der Waals surface area contributed by atoms with E-state index < -0.39 is 11.2 Å². The molecule has 0 saturated carbocycles. The molecule has 1 saturated heterocycles. The summed E-state index contributed by atoms with van der Waals surface area (Å²) in [5, 5.41) is 10.9. The predicted molar refractivity (Wildman–Crippen MR) is 66.3 cm³/mol. The normalized spacial score (nSPS) is 19.0. The van der Waals surface area contributed by atoms with Gasteiger partial charge in [0.1, 0.15) is 0 Å². The van der Waals surface area contributed by atoms with E-state index >= 15 is 0 Å². The summed E-state index contributed by atoms with van der Waals surface area (Å²) in [4.78, 5) is 22.5. The molecule has 0 bridgehead atoms. The number of nitro benzene ring substituents is 1. The SMILES string of the molecule is O=CC1OCCN1c1c(Cl)cc([N+](=O)[O-])cc1Cl. The van der Waals surface area contributed by atoms with E-state index in [4.69, 9.17) is 27.9 Å². The highest BCUT2D eigenvalue weighted by molar-refractivity contribution is 6.39. The van der Waals surface area contributed by atoms with Crippen molar-refractivity contribution in [1.29, 1.82) is 0 Å². The number of halogens is 2. The van der Waals surface area contributed by atoms with E-state index in [1.165, 1.54) is 12.1 Å². The maximum absolute atomic E-state index is 10.8. The van der Waals surface area contributed by atoms with Gasteiger partial charge in [-0.1, -0.05) is 23.2 Å². The van der Waals surface area contributed by atoms with Crippen LogP contribution in [0, 0.1) is 10.1 Å². The Morgan fingerprint density at radius 1 is 1.44 bits per heavy atom. The fraction of sp³-hybridized carbons (Fsp3) is 0.300. The van der Waals surface area contributed by atoms with E-state index in [-0.39, 0.29) is 15.7 Å². The first kappa shape index (κ1) is 13.1. The van der Waals surface area contributed by atoms with E-state index in [0.29, 0.717) is 25.1 Å². The summed E-state index contributed by atoms with van der Waals surface area (Å²) in [7, 11) is 0. The number of non-ortho nitro benzene ring substituents is 1. The molecule has 0 amide bonds. The lowest BCUT2D eigenvalue weighted by molar-refractivity contribution is -0.384. The first-order valence-corrected chi connectivity index (χ1v) is 5.77. The van der Waals surface area contributed by atoms with E-state index in [2.05, 4.69) is 0 Å². The van der Waals surface area contributed by atoms with Gasteiger partial charge in [-0.05, 0) is 0 Å². The second-order valence-electron chi connectivity index (χ2n) is 3.61. The predicted octanol–water partition coefficient (Wildman–Crippen LogP) is 2.26. The number of nitrogens with zero attached hydrogens (tertiary/aromatic N) is 2. The summed E-state index contributed by atoms with van der Waals surface area (Å²) in [5.41, 5.74) is 0.176. The lowest BCUT2D eigenvalue weighted by Crippen LogP contribution is -2.31. The minimum atomic E-state index is -0.763. The summed E-state index contributed by atoms with van der Waals surface area (Å²) in [6, 6.07) is 2.39. The van der Waals surface area contributed by atoms with Gasteiger partial charge in [0, 0.05) is 18.7 Å². The molecule has 1 aromatic rings. The number of ether oxygens (including phenoxy) is 1. The maximum Gasteiger partial charge on any atom is 0.272 e. The quantitative estimate of drug-likeness (QED) is 0.485. The Kier molecular flexibility index (Phi) is 3.70. The van der Waals surface area contributed by atoms with Gasteiger partial charge in [0.15, 0.2) is 12.5 Å². The standard InChI is InChI=1S/C10H8Cl2N2O4/c11-7-3-6(14(16)17)4-8(12)10(7)13-1-2-18-9(13)5-15/h3-5,9H,1-2H2. The Hall–Kier alpha value is -1.37. The third kappa shape index (κ3) is 2.27. The average molecular weight is 291 g/mol. The molecule has 0 radical (unpaired) electrons. The van der Waals surface area contributed by atoms with Crippen LogP contribution in [-0.2, 0) is 9.53 Å². The third-order valence-corrected chi connectivity index (χ3v) is 3.12. The molecule has 0 aliphatic carbocycles. The number of nitro groups is 1. The highest BCUT2D eigenvalue weighted by Crippen LogP contribution is 2.39. The molecule has 1 aliphatic heterocycles. The van der Waals surface area contributed by atoms with Crippen molar-refractivity contribution in [1.82, 2.24) is 0 Å². The summed E-state index contributed by atoms with van der Waals surface area (Å²) >= 11 is 12.0. The van der Waals surface area contributed by atoms with Gasteiger partial charge in [-0.3, -0.25) is 14.9 Å². The average Bonchev–Trinajstić information content (AvgIpc) is 2.76. The number of carbonyl (C=O) groups excluding carboxylic acids is 1. The van der Waals surface area contributed by atoms with E-state index in [1.54, 1.807) is 4.90 Å². The van der Waals surface area contributed by atoms with E-state index in [1.807, 2.05) is 0 Å². The minimum absolute atomic E-state index is 0.117. The number of anilines is 1. The fourth-order valence-corrected chi connectivity index (χ4v) is 2.47. The molecule has 6 nitrogen and oxygen atoms in total. The topological polar surface area (TPSA) is 72.7 Å². The van der Waals surface area contributed by atoms with Crippen molar-refractivity contribution in [2.24, 2.45) is 0 Å². The second kappa shape index (κ2) is 5.09. The monoisotopic (exact) mass is 290 g/mol. The molecule has 0 aromatic heterocycles. The summed E-state index contributed by atoms with van der Waals surface area (Å²) in [6.07, 6.45) is -0.136. The Bertz CT molecular complexity index is 486. The zero-order chi connectivity index (χ0) is 13.3. The fourth-order valence-electron chi connectivity index (χ4n) is 1.77. The van der Waals surface area contributed by atoms with Crippen LogP contribution in [0.15, 0.2) is 12.1 Å². The molecule has 1 unspecified atom stereocenters. The van der Waals surface area contributed by atoms with Gasteiger partial charge in [0.2, 0.25) is 0 Å². The van der Waals surface area contributed by atoms with Crippen LogP contribution in [0.5, 0.6) is 0 Å². The molecule has 2 rings (SSSR count). The Balaban J connectivity index is 2.45. The molecule has 0 N–H and O–H groups in total. The van der Waals surface area contributed by atoms with Crippen molar-refractivity contribution in [2.75, 3.05) is 18.1 Å². The van der Waals surface area contributed by atoms with Gasteiger partial charge in [0.05, 0.1) is 27.3 Å². The van der Waals surface area contributed by atoms with Crippen LogP contribution in [-0.4, -0.2) is 30.6 Å². The van der Waals surface area contributed by atoms with Crippen molar-refractivity contribution >= 4 is 40.9 Å². The lowest BCUT2D eigenvalue weighted by Gasteiger charge is -2.23. The first-order valence-electron chi connectivity index (χ1n) is 5.01. The molecule has 1 heterocycles. The Morgan fingerprint density at radius 3 is 2.56 bits per heavy atom. The van der Waals surface area contributed by atoms with Crippen LogP contribution in [0.25, 0.3) is 0 Å². The number of benzene rings is 1. The van der Waals surface area contributed by atoms with Gasteiger partial charge < -0.3 is 9.64 Å². The zero-order valence-electron chi connectivity index (χ0n) is 9.01. The lowest BCUT2D eigenvalue weighted by atomic mass is 10.2. The number of hydrogen-bond donors (Lipinski definition) is 0. The van der Waals surface area contributed by atoms with Crippen molar-refractivity contribution in [3.63, 3.8) is 0 Å². The van der Waals surface area contributed by atoms with Gasteiger partial charge in [-0.2, -0.15) is 0 Å². The van der Waals surface area contributed by atoms with E-state index in [9.17, 15) is 14.9 Å². The van der Waals surface area contributed by atoms with Gasteiger partial charge in [-0.25, -0.2) is 0 Å². The van der Waals surface area contributed by atoms with Crippen LogP contribution in [0.1, 0.15) is 0 Å². The first-order chi connectivity index (χ1) is 8.54. The van der Waals surface area contributed by atoms with Crippen LogP contribution >= 0.6 is 23.2 Å². The van der Waals surface area contributed by atoms with Crippen LogP contribution in [0.2, 0.25) is 10.0 Å². The molecular formula is C10H8Cl2N2O4. The number of aldehydes is 1. The van der Waals surface area contributed by atoms with Crippen LogP contribution < -0.4 is 4.90 Å². The minimum Gasteiger partial charge on any atom is -0.349 e. The van der Waals surface area contributed by atoms with Crippen molar-refractivity contribution < 1.29 is 14.5 Å². The van der Waals surface area contributed by atoms with Crippen molar-refractivity contribution in [3.8, 4) is 0 Å². The van der Waals surface area contributed by atoms with Crippen LogP contribution in [0.4, 0.5) is 11.4 Å². The molecule has 0 spiro atoms. The summed E-state index contributed by atoms with van der Waals surface area (Å²) < 4.78 is 5.16. The van der Waals surface area contributed by atoms with Crippen molar-refractivity contribution in [2.45, 2.75) is 6.23 Å². The van der Waals surface area contributed by atoms with Crippen LogP contribution in [0.3, 0.4) is 0 Å². The molecule has 18 heavy (non-hydrogen) atoms. The molecule has 1 atom stereocenters.